The van der Waals surface area contributed by atoms with Crippen LogP contribution < -0.4 is 9.64 Å². The monoisotopic (exact) mass is 663 g/mol. The molecule has 3 aromatic rings. The molecule has 0 aliphatic rings. The van der Waals surface area contributed by atoms with Crippen LogP contribution in [0.4, 0.5) is 5.69 Å². The lowest BCUT2D eigenvalue weighted by Gasteiger charge is -2.32. The summed E-state index contributed by atoms with van der Waals surface area (Å²) in [6, 6.07) is 17.9. The van der Waals surface area contributed by atoms with Gasteiger partial charge >= 0.3 is 0 Å². The number of phenolic OH excluding ortho intramolecular Hbond substituents is 1. The normalized spacial score (nSPS) is 13.2. The molecular weight excluding hydrogens is 603 g/mol. The molecule has 0 saturated carbocycles. The molecule has 46 heavy (non-hydrogen) atoms. The van der Waals surface area contributed by atoms with Gasteiger partial charge in [0.2, 0.25) is 0 Å². The Labute approximate surface area is 290 Å². The van der Waals surface area contributed by atoms with E-state index in [1.54, 1.807) is 0 Å². The maximum absolute atomic E-state index is 11.3. The fourth-order valence-electron chi connectivity index (χ4n) is 5.56. The van der Waals surface area contributed by atoms with Gasteiger partial charge in [-0.15, -0.1) is 23.5 Å². The summed E-state index contributed by atoms with van der Waals surface area (Å²) in [5.41, 5.74) is 6.50. The highest BCUT2D eigenvalue weighted by molar-refractivity contribution is 8.18. The van der Waals surface area contributed by atoms with Crippen molar-refractivity contribution >= 4 is 29.2 Å². The van der Waals surface area contributed by atoms with Crippen molar-refractivity contribution in [1.29, 1.82) is 0 Å². The highest BCUT2D eigenvalue weighted by Crippen LogP contribution is 2.51. The van der Waals surface area contributed by atoms with E-state index in [0.29, 0.717) is 12.4 Å². The van der Waals surface area contributed by atoms with Crippen LogP contribution in [0.5, 0.6) is 11.5 Å². The topological polar surface area (TPSA) is 32.7 Å². The van der Waals surface area contributed by atoms with Crippen molar-refractivity contribution in [3.05, 3.63) is 76.3 Å². The SMILES string of the molecule is CN(C)c1ccc(CCOc2c(C(C)(C)C)cc(SC(C)(C)Sc3cc(C(C)(C)C)c(O)c(C(C)(C)C)c3)cc2C(C)(C)C)cc1. The van der Waals surface area contributed by atoms with Crippen LogP contribution in [0.25, 0.3) is 0 Å². The first-order valence-corrected chi connectivity index (χ1v) is 18.3. The number of anilines is 1. The Balaban J connectivity index is 1.99. The molecule has 0 fully saturated rings. The number of nitrogens with zero attached hydrogens (tertiary/aromatic N) is 1. The molecule has 3 nitrogen and oxygen atoms in total. The van der Waals surface area contributed by atoms with Crippen LogP contribution in [0.2, 0.25) is 0 Å². The van der Waals surface area contributed by atoms with Gasteiger partial charge < -0.3 is 14.7 Å². The Morgan fingerprint density at radius 2 is 0.957 bits per heavy atom. The Morgan fingerprint density at radius 1 is 0.587 bits per heavy atom. The van der Waals surface area contributed by atoms with Crippen LogP contribution in [0.3, 0.4) is 0 Å². The van der Waals surface area contributed by atoms with Crippen LogP contribution in [0.1, 0.15) is 125 Å². The van der Waals surface area contributed by atoms with Gasteiger partial charge in [0.25, 0.3) is 0 Å². The third-order valence-electron chi connectivity index (χ3n) is 8.20. The smallest absolute Gasteiger partial charge is 0.126 e. The predicted octanol–water partition coefficient (Wildman–Crippen LogP) is 11.9. The number of phenols is 1. The van der Waals surface area contributed by atoms with Gasteiger partial charge in [0, 0.05) is 58.2 Å². The number of rotatable bonds is 9. The van der Waals surface area contributed by atoms with E-state index in [-0.39, 0.29) is 25.7 Å². The first-order chi connectivity index (χ1) is 20.8. The van der Waals surface area contributed by atoms with Crippen molar-refractivity contribution in [2.45, 2.75) is 139 Å². The summed E-state index contributed by atoms with van der Waals surface area (Å²) in [6.07, 6.45) is 0.862. The molecule has 0 bridgehead atoms. The molecule has 0 aliphatic carbocycles. The van der Waals surface area contributed by atoms with Crippen molar-refractivity contribution < 1.29 is 9.84 Å². The lowest BCUT2D eigenvalue weighted by Crippen LogP contribution is -2.21. The van der Waals surface area contributed by atoms with Crippen LogP contribution in [-0.2, 0) is 28.1 Å². The summed E-state index contributed by atoms with van der Waals surface area (Å²) in [6.45, 7) is 32.0. The van der Waals surface area contributed by atoms with E-state index >= 15 is 0 Å². The van der Waals surface area contributed by atoms with Crippen molar-refractivity contribution in [3.8, 4) is 11.5 Å². The molecule has 0 aromatic heterocycles. The number of benzene rings is 3. The number of ether oxygens (including phenoxy) is 1. The molecule has 0 heterocycles. The fraction of sp³-hybridized carbons (Fsp3) is 0.561. The minimum absolute atomic E-state index is 0.0866. The second-order valence-corrected chi connectivity index (χ2v) is 21.1. The predicted molar refractivity (Wildman–Crippen MR) is 205 cm³/mol. The highest BCUT2D eigenvalue weighted by Gasteiger charge is 2.32. The van der Waals surface area contributed by atoms with E-state index in [1.807, 2.05) is 23.5 Å². The average Bonchev–Trinajstić information content (AvgIpc) is 2.87. The summed E-state index contributed by atoms with van der Waals surface area (Å²) in [4.78, 5) is 4.57. The van der Waals surface area contributed by atoms with Crippen molar-refractivity contribution in [2.75, 3.05) is 25.6 Å². The van der Waals surface area contributed by atoms with Crippen LogP contribution in [0.15, 0.2) is 58.3 Å². The zero-order valence-electron chi connectivity index (χ0n) is 31.7. The zero-order chi connectivity index (χ0) is 35.0. The third kappa shape index (κ3) is 9.89. The molecule has 0 unspecified atom stereocenters. The molecule has 0 saturated heterocycles. The van der Waals surface area contributed by atoms with Gasteiger partial charge in [-0.2, -0.15) is 0 Å². The summed E-state index contributed by atoms with van der Waals surface area (Å²) in [5.74, 6) is 1.46. The van der Waals surface area contributed by atoms with Crippen molar-refractivity contribution in [3.63, 3.8) is 0 Å². The van der Waals surface area contributed by atoms with Gasteiger partial charge in [-0.1, -0.05) is 95.2 Å². The van der Waals surface area contributed by atoms with Crippen LogP contribution >= 0.6 is 23.5 Å². The van der Waals surface area contributed by atoms with Gasteiger partial charge in [0.15, 0.2) is 0 Å². The summed E-state index contributed by atoms with van der Waals surface area (Å²) in [5, 5.41) is 11.3. The second kappa shape index (κ2) is 13.7. The molecule has 5 heteroatoms. The van der Waals surface area contributed by atoms with Crippen molar-refractivity contribution in [1.82, 2.24) is 0 Å². The van der Waals surface area contributed by atoms with Crippen molar-refractivity contribution in [2.24, 2.45) is 0 Å². The molecule has 254 valence electrons. The van der Waals surface area contributed by atoms with E-state index < -0.39 is 0 Å². The Hall–Kier alpha value is -2.24. The Kier molecular flexibility index (Phi) is 11.4. The van der Waals surface area contributed by atoms with E-state index in [4.69, 9.17) is 4.74 Å². The van der Waals surface area contributed by atoms with Gasteiger partial charge in [-0.25, -0.2) is 0 Å². The second-order valence-electron chi connectivity index (χ2n) is 17.5. The first-order valence-electron chi connectivity index (χ1n) is 16.6. The van der Waals surface area contributed by atoms with Gasteiger partial charge in [-0.3, -0.25) is 0 Å². The van der Waals surface area contributed by atoms with Gasteiger partial charge in [0.1, 0.15) is 11.5 Å². The maximum Gasteiger partial charge on any atom is 0.126 e. The molecule has 0 aliphatic heterocycles. The molecule has 0 amide bonds. The Bertz CT molecular complexity index is 1420. The number of thioether (sulfide) groups is 2. The zero-order valence-corrected chi connectivity index (χ0v) is 33.3. The largest absolute Gasteiger partial charge is 0.507 e. The van der Waals surface area contributed by atoms with Gasteiger partial charge in [0.05, 0.1) is 10.7 Å². The molecule has 0 radical (unpaired) electrons. The lowest BCUT2D eigenvalue weighted by atomic mass is 9.79. The minimum Gasteiger partial charge on any atom is -0.507 e. The molecular formula is C41H61NO2S2. The van der Waals surface area contributed by atoms with Crippen LogP contribution in [-0.4, -0.2) is 29.9 Å². The van der Waals surface area contributed by atoms with E-state index in [2.05, 4.69) is 164 Å². The van der Waals surface area contributed by atoms with Crippen LogP contribution in [0, 0.1) is 0 Å². The summed E-state index contributed by atoms with van der Waals surface area (Å²) >= 11 is 3.78. The van der Waals surface area contributed by atoms with E-state index in [0.717, 1.165) is 23.3 Å². The summed E-state index contributed by atoms with van der Waals surface area (Å²) in [7, 11) is 4.14. The number of aromatic hydroxyl groups is 1. The highest BCUT2D eigenvalue weighted by atomic mass is 32.2. The quantitative estimate of drug-likeness (QED) is 0.182. The van der Waals surface area contributed by atoms with Gasteiger partial charge in [-0.05, 0) is 77.5 Å². The number of hydrogen-bond acceptors (Lipinski definition) is 5. The summed E-state index contributed by atoms with van der Waals surface area (Å²) < 4.78 is 6.58. The molecule has 1 N–H and O–H groups in total. The third-order valence-corrected chi connectivity index (χ3v) is 10.6. The standard InChI is InChI=1S/C41H61NO2S2/c1-37(2,3)31-23-29(24-32(35(31)43)38(4,5)6)45-41(13,14)46-30-25-33(39(7,8)9)36(34(26-30)40(10,11)12)44-22-21-27-17-19-28(20-18-27)42(15)16/h17-20,23-26,43H,21-22H2,1-16H3. The van der Waals surface area contributed by atoms with E-state index in [9.17, 15) is 5.11 Å². The number of hydrogen-bond donors (Lipinski definition) is 1. The lowest BCUT2D eigenvalue weighted by molar-refractivity contribution is 0.303. The maximum atomic E-state index is 11.3. The molecule has 3 aromatic carbocycles. The van der Waals surface area contributed by atoms with E-state index in [1.165, 1.54) is 32.2 Å². The fourth-order valence-corrected chi connectivity index (χ4v) is 8.15. The molecule has 3 rings (SSSR count). The average molecular weight is 664 g/mol. The molecule has 0 atom stereocenters. The Morgan fingerprint density at radius 3 is 1.30 bits per heavy atom. The molecule has 0 spiro atoms. The minimum atomic E-state index is -0.160. The first kappa shape index (κ1) is 38.2.